The van der Waals surface area contributed by atoms with Crippen LogP contribution in [0.25, 0.3) is 6.08 Å². The number of amides is 2. The van der Waals surface area contributed by atoms with Gasteiger partial charge < -0.3 is 0 Å². The quantitative estimate of drug-likeness (QED) is 0.676. The second-order valence-electron chi connectivity index (χ2n) is 4.67. The first-order valence-electron chi connectivity index (χ1n) is 6.43. The summed E-state index contributed by atoms with van der Waals surface area (Å²) in [6, 6.07) is 13.5. The molecule has 1 aliphatic rings. The van der Waals surface area contributed by atoms with E-state index in [1.165, 1.54) is 11.1 Å². The van der Waals surface area contributed by atoms with Crippen molar-refractivity contribution in [3.8, 4) is 0 Å². The highest BCUT2D eigenvalue weighted by Crippen LogP contribution is 2.23. The number of hydrogen-bond acceptors (Lipinski definition) is 2. The van der Waals surface area contributed by atoms with E-state index in [1.807, 2.05) is 0 Å². The summed E-state index contributed by atoms with van der Waals surface area (Å²) in [5, 5.41) is 2.34. The van der Waals surface area contributed by atoms with Crippen molar-refractivity contribution in [2.75, 3.05) is 5.01 Å². The Kier molecular flexibility index (Phi) is 3.88. The van der Waals surface area contributed by atoms with Gasteiger partial charge in [0, 0.05) is 10.0 Å². The van der Waals surface area contributed by atoms with Gasteiger partial charge in [-0.05, 0) is 48.0 Å². The van der Waals surface area contributed by atoms with E-state index in [0.29, 0.717) is 15.7 Å². The minimum Gasteiger partial charge on any atom is -0.267 e. The van der Waals surface area contributed by atoms with Gasteiger partial charge in [-0.3, -0.25) is 15.0 Å². The first-order chi connectivity index (χ1) is 10.5. The molecule has 110 valence electrons. The molecule has 2 aromatic rings. The van der Waals surface area contributed by atoms with Crippen molar-refractivity contribution < 1.29 is 9.59 Å². The van der Waals surface area contributed by atoms with Crippen molar-refractivity contribution in [2.45, 2.75) is 0 Å². The van der Waals surface area contributed by atoms with Crippen molar-refractivity contribution in [2.24, 2.45) is 0 Å². The lowest BCUT2D eigenvalue weighted by atomic mass is 10.1. The third-order valence-corrected chi connectivity index (χ3v) is 3.66. The van der Waals surface area contributed by atoms with E-state index in [-0.39, 0.29) is 5.57 Å². The fourth-order valence-corrected chi connectivity index (χ4v) is 2.31. The molecule has 0 saturated carbocycles. The van der Waals surface area contributed by atoms with Crippen LogP contribution in [0.3, 0.4) is 0 Å². The lowest BCUT2D eigenvalue weighted by Gasteiger charge is -2.14. The van der Waals surface area contributed by atoms with Gasteiger partial charge in [0.2, 0.25) is 0 Å². The Bertz CT molecular complexity index is 768. The van der Waals surface area contributed by atoms with E-state index in [9.17, 15) is 9.59 Å². The van der Waals surface area contributed by atoms with Crippen LogP contribution in [0.4, 0.5) is 5.69 Å². The zero-order valence-electron chi connectivity index (χ0n) is 11.2. The third-order valence-electron chi connectivity index (χ3n) is 3.16. The molecule has 0 spiro atoms. The summed E-state index contributed by atoms with van der Waals surface area (Å²) in [6.45, 7) is 0. The number of rotatable bonds is 2. The Labute approximate surface area is 136 Å². The van der Waals surface area contributed by atoms with Gasteiger partial charge in [-0.25, -0.2) is 5.01 Å². The number of carbonyl (C=O) groups excluding carboxylic acids is 2. The van der Waals surface area contributed by atoms with E-state index in [1.54, 1.807) is 48.5 Å². The third kappa shape index (κ3) is 2.84. The number of halogens is 2. The standard InChI is InChI=1S/C16H10Cl2N2O2/c17-11-3-1-10(2-4-11)9-14-15(21)19-20(16(14)22)13-7-5-12(18)6-8-13/h1-9H,(H,19,21)/b14-9+. The summed E-state index contributed by atoms with van der Waals surface area (Å²) >= 11 is 11.6. The van der Waals surface area contributed by atoms with Crippen LogP contribution in [0, 0.1) is 0 Å². The molecule has 4 nitrogen and oxygen atoms in total. The molecular formula is C16H10Cl2N2O2. The smallest absolute Gasteiger partial charge is 0.267 e. The molecule has 2 amide bonds. The minimum atomic E-state index is -0.449. The predicted molar refractivity (Wildman–Crippen MR) is 86.5 cm³/mol. The molecule has 1 aliphatic heterocycles. The Morgan fingerprint density at radius 2 is 1.41 bits per heavy atom. The van der Waals surface area contributed by atoms with Gasteiger partial charge in [0.05, 0.1) is 5.69 Å². The van der Waals surface area contributed by atoms with Crippen molar-refractivity contribution in [3.05, 3.63) is 69.7 Å². The average molecular weight is 333 g/mol. The van der Waals surface area contributed by atoms with Crippen LogP contribution < -0.4 is 10.4 Å². The number of nitrogens with zero attached hydrogens (tertiary/aromatic N) is 1. The van der Waals surface area contributed by atoms with Crippen LogP contribution in [0.5, 0.6) is 0 Å². The highest BCUT2D eigenvalue weighted by Gasteiger charge is 2.34. The molecule has 22 heavy (non-hydrogen) atoms. The van der Waals surface area contributed by atoms with E-state index < -0.39 is 11.8 Å². The van der Waals surface area contributed by atoms with Crippen LogP contribution in [0.15, 0.2) is 54.1 Å². The molecule has 1 heterocycles. The average Bonchev–Trinajstić information content (AvgIpc) is 2.78. The molecule has 3 rings (SSSR count). The lowest BCUT2D eigenvalue weighted by Crippen LogP contribution is -2.35. The van der Waals surface area contributed by atoms with Gasteiger partial charge in [0.1, 0.15) is 5.57 Å². The van der Waals surface area contributed by atoms with E-state index in [4.69, 9.17) is 23.2 Å². The highest BCUT2D eigenvalue weighted by molar-refractivity contribution is 6.32. The van der Waals surface area contributed by atoms with Gasteiger partial charge in [0.15, 0.2) is 0 Å². The molecular weight excluding hydrogens is 323 g/mol. The summed E-state index contributed by atoms with van der Waals surface area (Å²) in [4.78, 5) is 24.4. The van der Waals surface area contributed by atoms with E-state index in [2.05, 4.69) is 5.43 Å². The molecule has 0 bridgehead atoms. The Morgan fingerprint density at radius 1 is 0.864 bits per heavy atom. The maximum atomic E-state index is 12.4. The van der Waals surface area contributed by atoms with Crippen molar-refractivity contribution in [1.29, 1.82) is 0 Å². The molecule has 0 unspecified atom stereocenters. The molecule has 1 saturated heterocycles. The summed E-state index contributed by atoms with van der Waals surface area (Å²) in [5.74, 6) is -0.864. The van der Waals surface area contributed by atoms with Crippen LogP contribution in [0.2, 0.25) is 10.0 Å². The summed E-state index contributed by atoms with van der Waals surface area (Å²) < 4.78 is 0. The number of anilines is 1. The fourth-order valence-electron chi connectivity index (χ4n) is 2.06. The number of nitrogens with one attached hydrogen (secondary N) is 1. The SMILES string of the molecule is O=C1NN(c2ccc(Cl)cc2)C(=O)/C1=C/c1ccc(Cl)cc1. The molecule has 1 fully saturated rings. The number of hydrazine groups is 1. The molecule has 2 aromatic carbocycles. The Morgan fingerprint density at radius 3 is 2.00 bits per heavy atom. The second-order valence-corrected chi connectivity index (χ2v) is 5.54. The largest absolute Gasteiger partial charge is 0.282 e. The lowest BCUT2D eigenvalue weighted by molar-refractivity contribution is -0.117. The molecule has 0 aromatic heterocycles. The highest BCUT2D eigenvalue weighted by atomic mass is 35.5. The second kappa shape index (κ2) is 5.83. The van der Waals surface area contributed by atoms with Crippen LogP contribution in [0.1, 0.15) is 5.56 Å². The molecule has 0 aliphatic carbocycles. The predicted octanol–water partition coefficient (Wildman–Crippen LogP) is 3.45. The van der Waals surface area contributed by atoms with Crippen molar-refractivity contribution in [3.63, 3.8) is 0 Å². The normalized spacial score (nSPS) is 16.3. The molecule has 1 N–H and O–H groups in total. The monoisotopic (exact) mass is 332 g/mol. The van der Waals surface area contributed by atoms with Gasteiger partial charge in [0.25, 0.3) is 11.8 Å². The molecule has 6 heteroatoms. The van der Waals surface area contributed by atoms with Gasteiger partial charge >= 0.3 is 0 Å². The number of benzene rings is 2. The van der Waals surface area contributed by atoms with Gasteiger partial charge in [-0.1, -0.05) is 35.3 Å². The van der Waals surface area contributed by atoms with Crippen LogP contribution >= 0.6 is 23.2 Å². The van der Waals surface area contributed by atoms with Gasteiger partial charge in [-0.15, -0.1) is 0 Å². The Balaban J connectivity index is 1.91. The first-order valence-corrected chi connectivity index (χ1v) is 7.18. The van der Waals surface area contributed by atoms with E-state index in [0.717, 1.165) is 5.56 Å². The summed E-state index contributed by atoms with van der Waals surface area (Å²) in [7, 11) is 0. The number of carbonyl (C=O) groups is 2. The molecule has 0 radical (unpaired) electrons. The fraction of sp³-hybridized carbons (Fsp3) is 0. The maximum Gasteiger partial charge on any atom is 0.282 e. The maximum absolute atomic E-state index is 12.4. The Hall–Kier alpha value is -2.30. The minimum absolute atomic E-state index is 0.0669. The topological polar surface area (TPSA) is 49.4 Å². The van der Waals surface area contributed by atoms with Crippen molar-refractivity contribution in [1.82, 2.24) is 5.43 Å². The van der Waals surface area contributed by atoms with Crippen molar-refractivity contribution >= 4 is 46.8 Å². The zero-order valence-corrected chi connectivity index (χ0v) is 12.7. The zero-order chi connectivity index (χ0) is 15.7. The number of hydrogen-bond donors (Lipinski definition) is 1. The first kappa shape index (κ1) is 14.6. The van der Waals surface area contributed by atoms with E-state index >= 15 is 0 Å². The summed E-state index contributed by atoms with van der Waals surface area (Å²) in [6.07, 6.45) is 1.53. The molecule has 0 atom stereocenters. The van der Waals surface area contributed by atoms with Crippen LogP contribution in [-0.2, 0) is 9.59 Å². The van der Waals surface area contributed by atoms with Crippen LogP contribution in [-0.4, -0.2) is 11.8 Å². The van der Waals surface area contributed by atoms with Gasteiger partial charge in [-0.2, -0.15) is 0 Å². The summed E-state index contributed by atoms with van der Waals surface area (Å²) in [5.41, 5.74) is 3.86.